The topological polar surface area (TPSA) is 62.3 Å². The minimum Gasteiger partial charge on any atom is -0.378 e. The molecule has 0 aliphatic carbocycles. The lowest BCUT2D eigenvalue weighted by Gasteiger charge is -2.30. The van der Waals surface area contributed by atoms with Crippen molar-refractivity contribution in [3.63, 3.8) is 0 Å². The summed E-state index contributed by atoms with van der Waals surface area (Å²) in [5, 5.41) is 6.73. The smallest absolute Gasteiger partial charge is 0.224 e. The molecule has 0 bridgehead atoms. The van der Waals surface area contributed by atoms with E-state index >= 15 is 0 Å². The Morgan fingerprint density at radius 1 is 1.16 bits per heavy atom. The highest BCUT2D eigenvalue weighted by molar-refractivity contribution is 5.74. The van der Waals surface area contributed by atoms with Gasteiger partial charge in [-0.1, -0.05) is 26.0 Å². The molecule has 1 aliphatic heterocycles. The van der Waals surface area contributed by atoms with Crippen LogP contribution in [0.15, 0.2) is 36.5 Å². The Balaban J connectivity index is 1.70. The highest BCUT2D eigenvalue weighted by Gasteiger charge is 2.14. The van der Waals surface area contributed by atoms with E-state index in [1.165, 1.54) is 5.69 Å². The molecule has 0 amide bonds. The number of benzene rings is 1. The van der Waals surface area contributed by atoms with Gasteiger partial charge in [0, 0.05) is 25.8 Å². The first kappa shape index (κ1) is 17.5. The van der Waals surface area contributed by atoms with Crippen molar-refractivity contribution in [2.75, 3.05) is 48.4 Å². The summed E-state index contributed by atoms with van der Waals surface area (Å²) in [6.07, 6.45) is 2.88. The van der Waals surface area contributed by atoms with Gasteiger partial charge in [-0.25, -0.2) is 4.98 Å². The summed E-state index contributed by atoms with van der Waals surface area (Å²) in [5.41, 5.74) is 2.23. The fourth-order valence-corrected chi connectivity index (χ4v) is 2.78. The van der Waals surface area contributed by atoms with E-state index in [2.05, 4.69) is 57.5 Å². The molecule has 2 aromatic rings. The molecule has 1 saturated heterocycles. The van der Waals surface area contributed by atoms with Gasteiger partial charge in [0.25, 0.3) is 0 Å². The molecule has 0 saturated carbocycles. The van der Waals surface area contributed by atoms with Crippen LogP contribution in [0.5, 0.6) is 0 Å². The second-order valence-corrected chi connectivity index (χ2v) is 6.62. The molecule has 0 atom stereocenters. The van der Waals surface area contributed by atoms with E-state index in [-0.39, 0.29) is 0 Å². The first-order valence-corrected chi connectivity index (χ1v) is 8.98. The van der Waals surface area contributed by atoms with Crippen molar-refractivity contribution in [1.82, 2.24) is 9.97 Å². The maximum Gasteiger partial charge on any atom is 0.224 e. The molecule has 25 heavy (non-hydrogen) atoms. The number of ether oxygens (including phenoxy) is 1. The third-order valence-electron chi connectivity index (χ3n) is 4.18. The van der Waals surface area contributed by atoms with Crippen LogP contribution >= 0.6 is 0 Å². The van der Waals surface area contributed by atoms with Crippen molar-refractivity contribution in [3.05, 3.63) is 36.5 Å². The minimum absolute atomic E-state index is 0.661. The zero-order valence-electron chi connectivity index (χ0n) is 15.0. The van der Waals surface area contributed by atoms with E-state index in [0.717, 1.165) is 50.8 Å². The van der Waals surface area contributed by atoms with E-state index in [9.17, 15) is 0 Å². The zero-order valence-corrected chi connectivity index (χ0v) is 15.0. The second kappa shape index (κ2) is 8.67. The molecule has 2 N–H and O–H groups in total. The Morgan fingerprint density at radius 3 is 2.76 bits per heavy atom. The minimum atomic E-state index is 0.661. The Hall–Kier alpha value is -2.34. The number of morpholine rings is 1. The molecule has 6 nitrogen and oxygen atoms in total. The summed E-state index contributed by atoms with van der Waals surface area (Å²) in [4.78, 5) is 11.2. The van der Waals surface area contributed by atoms with Gasteiger partial charge in [0.15, 0.2) is 0 Å². The predicted octanol–water partition coefficient (Wildman–Crippen LogP) is 3.51. The van der Waals surface area contributed by atoms with Crippen molar-refractivity contribution >= 4 is 23.1 Å². The lowest BCUT2D eigenvalue weighted by molar-refractivity contribution is 0.123. The Labute approximate surface area is 149 Å². The number of nitrogens with zero attached hydrogens (tertiary/aromatic N) is 3. The summed E-state index contributed by atoms with van der Waals surface area (Å²) in [6.45, 7) is 8.66. The molecule has 134 valence electrons. The maximum atomic E-state index is 5.46. The fourth-order valence-electron chi connectivity index (χ4n) is 2.78. The van der Waals surface area contributed by atoms with Crippen LogP contribution in [0.1, 0.15) is 20.3 Å². The highest BCUT2D eigenvalue weighted by Crippen LogP contribution is 2.28. The molecule has 2 heterocycles. The van der Waals surface area contributed by atoms with E-state index in [0.29, 0.717) is 11.9 Å². The van der Waals surface area contributed by atoms with Crippen LogP contribution in [0, 0.1) is 5.92 Å². The molecule has 0 spiro atoms. The van der Waals surface area contributed by atoms with Crippen LogP contribution in [0.25, 0.3) is 0 Å². The van der Waals surface area contributed by atoms with Crippen molar-refractivity contribution in [2.45, 2.75) is 20.3 Å². The maximum absolute atomic E-state index is 5.46. The SMILES string of the molecule is CC(C)CCNc1nccc(Nc2ccccc2N2CCOCC2)n1. The van der Waals surface area contributed by atoms with Crippen LogP contribution < -0.4 is 15.5 Å². The number of nitrogens with one attached hydrogen (secondary N) is 2. The molecule has 3 rings (SSSR count). The lowest BCUT2D eigenvalue weighted by atomic mass is 10.1. The number of aromatic nitrogens is 2. The molecular weight excluding hydrogens is 314 g/mol. The van der Waals surface area contributed by atoms with Gasteiger partial charge in [0.05, 0.1) is 24.6 Å². The number of hydrogen-bond acceptors (Lipinski definition) is 6. The Kier molecular flexibility index (Phi) is 6.06. The number of rotatable bonds is 7. The van der Waals surface area contributed by atoms with Crippen LogP contribution in [0.4, 0.5) is 23.1 Å². The molecular formula is C19H27N5O. The predicted molar refractivity (Wildman–Crippen MR) is 103 cm³/mol. The van der Waals surface area contributed by atoms with Crippen molar-refractivity contribution in [1.29, 1.82) is 0 Å². The first-order chi connectivity index (χ1) is 12.2. The third kappa shape index (κ3) is 5.06. The van der Waals surface area contributed by atoms with Gasteiger partial charge in [0.2, 0.25) is 5.95 Å². The molecule has 0 radical (unpaired) electrons. The number of anilines is 4. The third-order valence-corrected chi connectivity index (χ3v) is 4.18. The summed E-state index contributed by atoms with van der Waals surface area (Å²) in [5.74, 6) is 2.12. The lowest BCUT2D eigenvalue weighted by Crippen LogP contribution is -2.36. The van der Waals surface area contributed by atoms with Crippen molar-refractivity contribution < 1.29 is 4.74 Å². The van der Waals surface area contributed by atoms with Gasteiger partial charge in [-0.3, -0.25) is 0 Å². The van der Waals surface area contributed by atoms with Gasteiger partial charge in [-0.2, -0.15) is 4.98 Å². The molecule has 1 aromatic heterocycles. The van der Waals surface area contributed by atoms with Crippen molar-refractivity contribution in [2.24, 2.45) is 5.92 Å². The zero-order chi connectivity index (χ0) is 17.5. The Bertz CT molecular complexity index is 670. The average Bonchev–Trinajstić information content (AvgIpc) is 2.63. The molecule has 1 aromatic carbocycles. The monoisotopic (exact) mass is 341 g/mol. The van der Waals surface area contributed by atoms with Gasteiger partial charge in [0.1, 0.15) is 5.82 Å². The largest absolute Gasteiger partial charge is 0.378 e. The normalized spacial score (nSPS) is 14.6. The van der Waals surface area contributed by atoms with Gasteiger partial charge in [-0.05, 0) is 30.5 Å². The van der Waals surface area contributed by atoms with E-state index in [1.807, 2.05) is 12.1 Å². The van der Waals surface area contributed by atoms with Crippen LogP contribution in [0.2, 0.25) is 0 Å². The summed E-state index contributed by atoms with van der Waals surface area (Å²) >= 11 is 0. The van der Waals surface area contributed by atoms with Gasteiger partial charge in [-0.15, -0.1) is 0 Å². The molecule has 6 heteroatoms. The second-order valence-electron chi connectivity index (χ2n) is 6.62. The molecule has 0 unspecified atom stereocenters. The highest BCUT2D eigenvalue weighted by atomic mass is 16.5. The molecule has 1 aliphatic rings. The average molecular weight is 341 g/mol. The standard InChI is InChI=1S/C19H27N5O/c1-15(2)7-9-20-19-21-10-8-18(23-19)22-16-5-3-4-6-17(16)24-11-13-25-14-12-24/h3-6,8,10,15H,7,9,11-14H2,1-2H3,(H2,20,21,22,23). The van der Waals surface area contributed by atoms with Crippen LogP contribution in [-0.4, -0.2) is 42.8 Å². The fraction of sp³-hybridized carbons (Fsp3) is 0.474. The number of hydrogen-bond donors (Lipinski definition) is 2. The summed E-state index contributed by atoms with van der Waals surface area (Å²) in [7, 11) is 0. The Morgan fingerprint density at radius 2 is 1.96 bits per heavy atom. The van der Waals surface area contributed by atoms with Crippen LogP contribution in [-0.2, 0) is 4.74 Å². The van der Waals surface area contributed by atoms with E-state index in [1.54, 1.807) is 6.20 Å². The summed E-state index contributed by atoms with van der Waals surface area (Å²) in [6, 6.07) is 10.2. The van der Waals surface area contributed by atoms with Gasteiger partial charge >= 0.3 is 0 Å². The first-order valence-electron chi connectivity index (χ1n) is 8.98. The quantitative estimate of drug-likeness (QED) is 0.803. The summed E-state index contributed by atoms with van der Waals surface area (Å²) < 4.78 is 5.46. The van der Waals surface area contributed by atoms with E-state index in [4.69, 9.17) is 4.74 Å². The van der Waals surface area contributed by atoms with Gasteiger partial charge < -0.3 is 20.3 Å². The molecule has 1 fully saturated rings. The number of para-hydroxylation sites is 2. The van der Waals surface area contributed by atoms with Crippen molar-refractivity contribution in [3.8, 4) is 0 Å². The van der Waals surface area contributed by atoms with Crippen LogP contribution in [0.3, 0.4) is 0 Å². The van der Waals surface area contributed by atoms with E-state index < -0.39 is 0 Å².